The molecule has 3 aromatic carbocycles. The fourth-order valence-corrected chi connectivity index (χ4v) is 3.15. The lowest BCUT2D eigenvalue weighted by atomic mass is 9.78. The summed E-state index contributed by atoms with van der Waals surface area (Å²) in [5, 5.41) is 0. The van der Waals surface area contributed by atoms with Crippen LogP contribution >= 0.6 is 0 Å². The average molecular weight is 358 g/mol. The Hall–Kier alpha value is -2.56. The molecule has 0 aliphatic carbocycles. The van der Waals surface area contributed by atoms with Crippen LogP contribution in [0, 0.1) is 0 Å². The fourth-order valence-electron chi connectivity index (χ4n) is 3.15. The Bertz CT molecular complexity index is 891. The van der Waals surface area contributed by atoms with Gasteiger partial charge in [0.1, 0.15) is 12.4 Å². The number of ether oxygens (including phenoxy) is 1. The molecule has 4 heteroatoms. The van der Waals surface area contributed by atoms with Crippen molar-refractivity contribution in [3.63, 3.8) is 0 Å². The highest BCUT2D eigenvalue weighted by Gasteiger charge is 2.38. The van der Waals surface area contributed by atoms with E-state index in [1.54, 1.807) is 0 Å². The number of benzene rings is 3. The number of rotatable bonds is 5. The maximum absolute atomic E-state index is 5.98. The molecule has 4 rings (SSSR count). The smallest absolute Gasteiger partial charge is 0.489 e. The van der Waals surface area contributed by atoms with E-state index in [0.29, 0.717) is 13.2 Å². The normalized spacial score (nSPS) is 15.7. The fraction of sp³-hybridized carbons (Fsp3) is 0.217. The first-order chi connectivity index (χ1) is 13.1. The lowest BCUT2D eigenvalue weighted by molar-refractivity contribution is 0.137. The molecule has 0 spiro atoms. The highest BCUT2D eigenvalue weighted by molar-refractivity contribution is 6.62. The molecule has 1 aliphatic rings. The van der Waals surface area contributed by atoms with Crippen LogP contribution in [0.4, 0.5) is 0 Å². The van der Waals surface area contributed by atoms with E-state index in [2.05, 4.69) is 36.4 Å². The summed E-state index contributed by atoms with van der Waals surface area (Å²) in [6, 6.07) is 26.7. The van der Waals surface area contributed by atoms with Gasteiger partial charge in [0.25, 0.3) is 0 Å². The topological polar surface area (TPSA) is 27.7 Å². The zero-order valence-corrected chi connectivity index (χ0v) is 15.7. The molecule has 0 amide bonds. The van der Waals surface area contributed by atoms with Gasteiger partial charge >= 0.3 is 7.12 Å². The summed E-state index contributed by atoms with van der Waals surface area (Å²) in [5.74, 6) is 0.864. The molecule has 1 fully saturated rings. The van der Waals surface area contributed by atoms with E-state index in [9.17, 15) is 0 Å². The third-order valence-electron chi connectivity index (χ3n) is 4.60. The minimum absolute atomic E-state index is 0.238. The van der Waals surface area contributed by atoms with Crippen molar-refractivity contribution in [2.75, 3.05) is 6.61 Å². The average Bonchev–Trinajstić information content (AvgIpc) is 3.08. The predicted molar refractivity (Wildman–Crippen MR) is 109 cm³/mol. The van der Waals surface area contributed by atoms with Crippen molar-refractivity contribution in [3.05, 3.63) is 84.4 Å². The largest absolute Gasteiger partial charge is 0.494 e. The first kappa shape index (κ1) is 17.8. The van der Waals surface area contributed by atoms with Gasteiger partial charge in [0.15, 0.2) is 0 Å². The van der Waals surface area contributed by atoms with Gasteiger partial charge in [-0.3, -0.25) is 0 Å². The highest BCUT2D eigenvalue weighted by Crippen LogP contribution is 2.24. The summed E-state index contributed by atoms with van der Waals surface area (Å²) < 4.78 is 17.6. The molecule has 0 radical (unpaired) electrons. The quantitative estimate of drug-likeness (QED) is 0.631. The van der Waals surface area contributed by atoms with Gasteiger partial charge in [-0.05, 0) is 48.1 Å². The Balaban J connectivity index is 1.45. The Morgan fingerprint density at radius 2 is 1.67 bits per heavy atom. The van der Waals surface area contributed by atoms with Crippen LogP contribution in [0.1, 0.15) is 19.4 Å². The summed E-state index contributed by atoms with van der Waals surface area (Å²) >= 11 is 0. The Kier molecular flexibility index (Phi) is 5.02. The molecule has 0 unspecified atom stereocenters. The standard InChI is InChI=1S/C23H23BO3/c1-23(2)17-26-24(27-23)21-10-6-9-20(15-21)19-11-13-22(14-12-19)25-16-18-7-4-3-5-8-18/h3-15H,16-17H2,1-2H3. The van der Waals surface area contributed by atoms with E-state index in [-0.39, 0.29) is 12.7 Å². The molecular weight excluding hydrogens is 335 g/mol. The first-order valence-corrected chi connectivity index (χ1v) is 9.26. The molecule has 3 nitrogen and oxygen atoms in total. The second-order valence-electron chi connectivity index (χ2n) is 7.44. The van der Waals surface area contributed by atoms with E-state index in [1.165, 1.54) is 0 Å². The van der Waals surface area contributed by atoms with Crippen LogP contribution in [0.25, 0.3) is 11.1 Å². The molecular formula is C23H23BO3. The molecule has 0 saturated carbocycles. The third-order valence-corrected chi connectivity index (χ3v) is 4.60. The van der Waals surface area contributed by atoms with Crippen molar-refractivity contribution in [3.8, 4) is 16.9 Å². The molecule has 136 valence electrons. The summed E-state index contributed by atoms with van der Waals surface area (Å²) in [4.78, 5) is 0. The molecule has 0 N–H and O–H groups in total. The predicted octanol–water partition coefficient (Wildman–Crippen LogP) is 4.45. The van der Waals surface area contributed by atoms with Gasteiger partial charge < -0.3 is 14.0 Å². The zero-order chi connectivity index (χ0) is 18.7. The minimum Gasteiger partial charge on any atom is -0.489 e. The van der Waals surface area contributed by atoms with Crippen molar-refractivity contribution in [2.45, 2.75) is 26.1 Å². The molecule has 1 saturated heterocycles. The monoisotopic (exact) mass is 358 g/mol. The highest BCUT2D eigenvalue weighted by atomic mass is 16.7. The number of hydrogen-bond acceptors (Lipinski definition) is 3. The SMILES string of the molecule is CC1(C)COB(c2cccc(-c3ccc(OCc4ccccc4)cc3)c2)O1. The van der Waals surface area contributed by atoms with Crippen LogP contribution < -0.4 is 10.2 Å². The van der Waals surface area contributed by atoms with Gasteiger partial charge in [0.2, 0.25) is 0 Å². The van der Waals surface area contributed by atoms with Crippen LogP contribution in [-0.4, -0.2) is 19.3 Å². The first-order valence-electron chi connectivity index (χ1n) is 9.26. The van der Waals surface area contributed by atoms with Crippen LogP contribution in [0.15, 0.2) is 78.9 Å². The van der Waals surface area contributed by atoms with E-state index in [1.807, 2.05) is 56.3 Å². The molecule has 3 aromatic rings. The zero-order valence-electron chi connectivity index (χ0n) is 15.7. The summed E-state index contributed by atoms with van der Waals surface area (Å²) in [6.45, 7) is 5.27. The van der Waals surface area contributed by atoms with Crippen LogP contribution in [-0.2, 0) is 15.9 Å². The van der Waals surface area contributed by atoms with Gasteiger partial charge in [0, 0.05) is 0 Å². The van der Waals surface area contributed by atoms with Gasteiger partial charge in [-0.25, -0.2) is 0 Å². The van der Waals surface area contributed by atoms with Gasteiger partial charge in [-0.15, -0.1) is 0 Å². The lowest BCUT2D eigenvalue weighted by Crippen LogP contribution is -2.34. The summed E-state index contributed by atoms with van der Waals surface area (Å²) in [7, 11) is -0.298. The summed E-state index contributed by atoms with van der Waals surface area (Å²) in [6.07, 6.45) is 0. The van der Waals surface area contributed by atoms with Crippen molar-refractivity contribution >= 4 is 12.6 Å². The van der Waals surface area contributed by atoms with Crippen molar-refractivity contribution < 1.29 is 14.0 Å². The third kappa shape index (κ3) is 4.41. The Labute approximate surface area is 161 Å². The Morgan fingerprint density at radius 3 is 2.37 bits per heavy atom. The van der Waals surface area contributed by atoms with Gasteiger partial charge in [-0.1, -0.05) is 66.7 Å². The molecule has 0 bridgehead atoms. The molecule has 1 aliphatic heterocycles. The van der Waals surface area contributed by atoms with E-state index >= 15 is 0 Å². The van der Waals surface area contributed by atoms with Crippen LogP contribution in [0.5, 0.6) is 5.75 Å². The Morgan fingerprint density at radius 1 is 0.889 bits per heavy atom. The van der Waals surface area contributed by atoms with E-state index in [0.717, 1.165) is 27.9 Å². The van der Waals surface area contributed by atoms with E-state index in [4.69, 9.17) is 14.0 Å². The second kappa shape index (κ2) is 7.59. The van der Waals surface area contributed by atoms with Crippen molar-refractivity contribution in [2.24, 2.45) is 0 Å². The number of hydrogen-bond donors (Lipinski definition) is 0. The lowest BCUT2D eigenvalue weighted by Gasteiger charge is -2.15. The van der Waals surface area contributed by atoms with E-state index < -0.39 is 0 Å². The van der Waals surface area contributed by atoms with Gasteiger partial charge in [-0.2, -0.15) is 0 Å². The minimum atomic E-state index is -0.298. The second-order valence-corrected chi connectivity index (χ2v) is 7.44. The van der Waals surface area contributed by atoms with Crippen molar-refractivity contribution in [1.29, 1.82) is 0 Å². The molecule has 0 atom stereocenters. The molecule has 27 heavy (non-hydrogen) atoms. The van der Waals surface area contributed by atoms with Crippen LogP contribution in [0.2, 0.25) is 0 Å². The van der Waals surface area contributed by atoms with Gasteiger partial charge in [0.05, 0.1) is 12.2 Å². The van der Waals surface area contributed by atoms with Crippen molar-refractivity contribution in [1.82, 2.24) is 0 Å². The maximum Gasteiger partial charge on any atom is 0.494 e. The summed E-state index contributed by atoms with van der Waals surface area (Å²) in [5.41, 5.74) is 4.25. The maximum atomic E-state index is 5.98. The molecule has 0 aromatic heterocycles. The molecule has 1 heterocycles. The van der Waals surface area contributed by atoms with Crippen LogP contribution in [0.3, 0.4) is 0 Å².